The molecule has 7 nitrogen and oxygen atoms in total. The minimum Gasteiger partial charge on any atom is -0.378 e. The Kier molecular flexibility index (Phi) is 7.22. The Morgan fingerprint density at radius 2 is 1.81 bits per heavy atom. The van der Waals surface area contributed by atoms with Gasteiger partial charge in [0.25, 0.3) is 0 Å². The van der Waals surface area contributed by atoms with E-state index in [0.29, 0.717) is 31.5 Å². The summed E-state index contributed by atoms with van der Waals surface area (Å²) < 4.78 is 7.51. The first-order valence-corrected chi connectivity index (χ1v) is 12.0. The number of rotatable bonds is 7. The Hall–Kier alpha value is -2.71. The number of aromatic nitrogens is 4. The molecule has 1 aliphatic heterocycles. The smallest absolute Gasteiger partial charge is 0.236 e. The maximum Gasteiger partial charge on any atom is 0.236 e. The average molecular weight is 452 g/mol. The molecule has 0 bridgehead atoms. The van der Waals surface area contributed by atoms with Crippen LogP contribution in [0.4, 0.5) is 0 Å². The Morgan fingerprint density at radius 1 is 1.09 bits per heavy atom. The third-order valence-corrected chi connectivity index (χ3v) is 6.72. The van der Waals surface area contributed by atoms with Gasteiger partial charge in [0.2, 0.25) is 5.91 Å². The maximum absolute atomic E-state index is 13.1. The van der Waals surface area contributed by atoms with E-state index in [1.165, 1.54) is 22.9 Å². The lowest BCUT2D eigenvalue weighted by Crippen LogP contribution is -2.44. The molecule has 0 aliphatic carbocycles. The molecule has 0 radical (unpaired) electrons. The van der Waals surface area contributed by atoms with Crippen molar-refractivity contribution in [3.05, 3.63) is 53.9 Å². The van der Waals surface area contributed by atoms with Crippen LogP contribution in [0.15, 0.2) is 47.9 Å². The van der Waals surface area contributed by atoms with Crippen molar-refractivity contribution in [2.45, 2.75) is 44.0 Å². The number of para-hydroxylation sites is 1. The molecule has 0 saturated carbocycles. The molecule has 1 fully saturated rings. The van der Waals surface area contributed by atoms with E-state index >= 15 is 0 Å². The quantitative estimate of drug-likeness (QED) is 0.509. The van der Waals surface area contributed by atoms with Crippen LogP contribution in [0.3, 0.4) is 0 Å². The van der Waals surface area contributed by atoms with Gasteiger partial charge >= 0.3 is 0 Å². The number of morpholine rings is 1. The molecule has 0 N–H and O–H groups in total. The Bertz CT molecular complexity index is 1040. The molecule has 8 heteroatoms. The van der Waals surface area contributed by atoms with E-state index in [0.717, 1.165) is 29.9 Å². The third-order valence-electron chi connectivity index (χ3n) is 5.69. The fourth-order valence-corrected chi connectivity index (χ4v) is 4.92. The summed E-state index contributed by atoms with van der Waals surface area (Å²) in [4.78, 5) is 19.2. The molecule has 168 valence electrons. The maximum atomic E-state index is 13.1. The first kappa shape index (κ1) is 22.5. The number of hydrogen-bond acceptors (Lipinski definition) is 6. The molecule has 0 spiro atoms. The molecular weight excluding hydrogens is 422 g/mol. The molecule has 3 aromatic rings. The van der Waals surface area contributed by atoms with Crippen LogP contribution in [0, 0.1) is 0 Å². The lowest BCUT2D eigenvalue weighted by molar-refractivity contribution is -0.134. The number of ether oxygens (including phenoxy) is 1. The van der Waals surface area contributed by atoms with Crippen molar-refractivity contribution in [1.29, 1.82) is 0 Å². The lowest BCUT2D eigenvalue weighted by atomic mass is 10.0. The van der Waals surface area contributed by atoms with E-state index in [2.05, 4.69) is 51.8 Å². The van der Waals surface area contributed by atoms with Crippen LogP contribution in [-0.4, -0.2) is 62.1 Å². The minimum absolute atomic E-state index is 0.107. The van der Waals surface area contributed by atoms with Crippen LogP contribution < -0.4 is 0 Å². The van der Waals surface area contributed by atoms with Gasteiger partial charge in [-0.25, -0.2) is 0 Å². The van der Waals surface area contributed by atoms with Gasteiger partial charge in [-0.2, -0.15) is 0 Å². The first-order valence-electron chi connectivity index (χ1n) is 11.1. The zero-order valence-electron chi connectivity index (χ0n) is 18.8. The molecular formula is C24H29N5O2S. The van der Waals surface area contributed by atoms with Gasteiger partial charge in [0.1, 0.15) is 0 Å². The molecule has 4 rings (SSSR count). The van der Waals surface area contributed by atoms with Crippen molar-refractivity contribution in [2.24, 2.45) is 0 Å². The Morgan fingerprint density at radius 3 is 2.44 bits per heavy atom. The molecule has 3 heterocycles. The van der Waals surface area contributed by atoms with E-state index in [9.17, 15) is 4.79 Å². The number of nitrogens with zero attached hydrogens (tertiary/aromatic N) is 5. The van der Waals surface area contributed by atoms with Crippen LogP contribution >= 0.6 is 11.8 Å². The fraction of sp³-hybridized carbons (Fsp3) is 0.417. The van der Waals surface area contributed by atoms with Gasteiger partial charge in [0.05, 0.1) is 24.2 Å². The average Bonchev–Trinajstić information content (AvgIpc) is 3.26. The first-order chi connectivity index (χ1) is 15.6. The van der Waals surface area contributed by atoms with Crippen molar-refractivity contribution in [3.8, 4) is 17.1 Å². The molecule has 1 unspecified atom stereocenters. The second-order valence-electron chi connectivity index (χ2n) is 7.71. The van der Waals surface area contributed by atoms with Gasteiger partial charge in [0, 0.05) is 31.0 Å². The second kappa shape index (κ2) is 10.3. The summed E-state index contributed by atoms with van der Waals surface area (Å²) >= 11 is 1.46. The van der Waals surface area contributed by atoms with Crippen molar-refractivity contribution < 1.29 is 9.53 Å². The van der Waals surface area contributed by atoms with E-state index in [4.69, 9.17) is 4.74 Å². The minimum atomic E-state index is -0.281. The van der Waals surface area contributed by atoms with Gasteiger partial charge < -0.3 is 9.64 Å². The number of amides is 1. The zero-order valence-corrected chi connectivity index (χ0v) is 19.6. The fourth-order valence-electron chi connectivity index (χ4n) is 3.98. The van der Waals surface area contributed by atoms with Gasteiger partial charge in [-0.1, -0.05) is 43.8 Å². The molecule has 1 saturated heterocycles. The summed E-state index contributed by atoms with van der Waals surface area (Å²) in [6.07, 6.45) is 5.33. The Labute approximate surface area is 193 Å². The highest BCUT2D eigenvalue weighted by molar-refractivity contribution is 8.00. The predicted octanol–water partition coefficient (Wildman–Crippen LogP) is 3.79. The number of carbonyl (C=O) groups is 1. The van der Waals surface area contributed by atoms with E-state index in [1.807, 2.05) is 24.0 Å². The summed E-state index contributed by atoms with van der Waals surface area (Å²) in [5.41, 5.74) is 4.45. The SMILES string of the molecule is CCc1cccc(CC)c1-n1c(SC(C)C(=O)N2CCOCC2)nnc1-c1cccnc1. The number of hydrogen-bond donors (Lipinski definition) is 0. The van der Waals surface area contributed by atoms with Crippen molar-refractivity contribution >= 4 is 17.7 Å². The monoisotopic (exact) mass is 451 g/mol. The summed E-state index contributed by atoms with van der Waals surface area (Å²) in [5.74, 6) is 0.845. The van der Waals surface area contributed by atoms with E-state index in [-0.39, 0.29) is 11.2 Å². The molecule has 2 aromatic heterocycles. The van der Waals surface area contributed by atoms with Gasteiger partial charge in [-0.3, -0.25) is 14.3 Å². The molecule has 1 amide bonds. The highest BCUT2D eigenvalue weighted by Gasteiger charge is 2.27. The van der Waals surface area contributed by atoms with Crippen LogP contribution in [0.1, 0.15) is 31.9 Å². The summed E-state index contributed by atoms with van der Waals surface area (Å²) in [6, 6.07) is 10.3. The van der Waals surface area contributed by atoms with E-state index in [1.54, 1.807) is 12.4 Å². The molecule has 1 aliphatic rings. The van der Waals surface area contributed by atoms with Crippen molar-refractivity contribution in [2.75, 3.05) is 26.3 Å². The summed E-state index contributed by atoms with van der Waals surface area (Å²) in [6.45, 7) is 8.71. The number of thioether (sulfide) groups is 1. The van der Waals surface area contributed by atoms with E-state index < -0.39 is 0 Å². The molecule has 1 atom stereocenters. The van der Waals surface area contributed by atoms with Crippen LogP contribution in [0.5, 0.6) is 0 Å². The highest BCUT2D eigenvalue weighted by Crippen LogP contribution is 2.34. The lowest BCUT2D eigenvalue weighted by Gasteiger charge is -2.29. The van der Waals surface area contributed by atoms with Crippen LogP contribution in [0.25, 0.3) is 17.1 Å². The Balaban J connectivity index is 1.78. The summed E-state index contributed by atoms with van der Waals surface area (Å²) in [5, 5.41) is 9.52. The molecule has 1 aromatic carbocycles. The van der Waals surface area contributed by atoms with Crippen LogP contribution in [-0.2, 0) is 22.4 Å². The van der Waals surface area contributed by atoms with Gasteiger partial charge in [0.15, 0.2) is 11.0 Å². The second-order valence-corrected chi connectivity index (χ2v) is 9.02. The van der Waals surface area contributed by atoms with Gasteiger partial charge in [-0.05, 0) is 43.0 Å². The topological polar surface area (TPSA) is 73.1 Å². The van der Waals surface area contributed by atoms with Crippen LogP contribution in [0.2, 0.25) is 0 Å². The predicted molar refractivity (Wildman–Crippen MR) is 126 cm³/mol. The third kappa shape index (κ3) is 4.56. The largest absolute Gasteiger partial charge is 0.378 e. The van der Waals surface area contributed by atoms with Crippen molar-refractivity contribution in [1.82, 2.24) is 24.6 Å². The molecule has 32 heavy (non-hydrogen) atoms. The zero-order chi connectivity index (χ0) is 22.5. The number of aryl methyl sites for hydroxylation is 2. The highest BCUT2D eigenvalue weighted by atomic mass is 32.2. The van der Waals surface area contributed by atoms with Crippen molar-refractivity contribution in [3.63, 3.8) is 0 Å². The standard InChI is InChI=1S/C24H29N5O2S/c1-4-18-8-6-9-19(5-2)21(18)29-22(20-10-7-11-25-16-20)26-27-24(29)32-17(3)23(30)28-12-14-31-15-13-28/h6-11,16-17H,4-5,12-15H2,1-3H3. The summed E-state index contributed by atoms with van der Waals surface area (Å²) in [7, 11) is 0. The van der Waals surface area contributed by atoms with Gasteiger partial charge in [-0.15, -0.1) is 10.2 Å². The number of pyridine rings is 1. The number of benzene rings is 1. The normalized spacial score (nSPS) is 15.0. The number of carbonyl (C=O) groups excluding carboxylic acids is 1.